The number of rotatable bonds is 4. The van der Waals surface area contributed by atoms with Crippen LogP contribution in [0.25, 0.3) is 0 Å². The van der Waals surface area contributed by atoms with E-state index < -0.39 is 6.10 Å². The van der Waals surface area contributed by atoms with Crippen LogP contribution in [0.15, 0.2) is 10.6 Å². The summed E-state index contributed by atoms with van der Waals surface area (Å²) in [6.45, 7) is 4.01. The third-order valence-electron chi connectivity index (χ3n) is 5.51. The van der Waals surface area contributed by atoms with Crippen LogP contribution >= 0.6 is 0 Å². The number of nitrogens with zero attached hydrogens (tertiary/aromatic N) is 3. The maximum atomic E-state index is 12.7. The van der Waals surface area contributed by atoms with Crippen LogP contribution < -0.4 is 0 Å². The molecule has 7 nitrogen and oxygen atoms in total. The Morgan fingerprint density at radius 2 is 1.85 bits per heavy atom. The molecule has 2 fully saturated rings. The van der Waals surface area contributed by atoms with Crippen molar-refractivity contribution in [3.05, 3.63) is 17.5 Å². The standard InChI is InChI=1S/C19H29N3O4/c1-14-12-16(26-20-14)13-17(23)21-8-5-9-22(11-10-21)19(25)18(24)15-6-3-2-4-7-15/h12,15,18,24H,2-11,13H2,1H3/t18-/m1/s1. The zero-order valence-corrected chi connectivity index (χ0v) is 15.5. The zero-order chi connectivity index (χ0) is 18.5. The minimum absolute atomic E-state index is 0.0109. The van der Waals surface area contributed by atoms with Crippen molar-refractivity contribution in [1.82, 2.24) is 15.0 Å². The van der Waals surface area contributed by atoms with Gasteiger partial charge in [0.05, 0.1) is 12.1 Å². The number of carbonyl (C=O) groups excluding carboxylic acids is 2. The first-order valence-corrected chi connectivity index (χ1v) is 9.71. The van der Waals surface area contributed by atoms with Gasteiger partial charge in [0.1, 0.15) is 11.9 Å². The van der Waals surface area contributed by atoms with Crippen LogP contribution in [0.3, 0.4) is 0 Å². The Labute approximate surface area is 154 Å². The fraction of sp³-hybridized carbons (Fsp3) is 0.737. The van der Waals surface area contributed by atoms with Crippen molar-refractivity contribution in [2.24, 2.45) is 5.92 Å². The summed E-state index contributed by atoms with van der Waals surface area (Å²) in [5.41, 5.74) is 0.761. The van der Waals surface area contributed by atoms with E-state index in [4.69, 9.17) is 4.52 Å². The van der Waals surface area contributed by atoms with Gasteiger partial charge in [-0.3, -0.25) is 9.59 Å². The fourth-order valence-corrected chi connectivity index (χ4v) is 3.99. The van der Waals surface area contributed by atoms with Crippen molar-refractivity contribution >= 4 is 11.8 Å². The summed E-state index contributed by atoms with van der Waals surface area (Å²) >= 11 is 0. The Bertz CT molecular complexity index is 624. The molecule has 1 saturated heterocycles. The second-order valence-electron chi connectivity index (χ2n) is 7.51. The molecule has 1 saturated carbocycles. The molecule has 0 aromatic carbocycles. The summed E-state index contributed by atoms with van der Waals surface area (Å²) in [6.07, 6.45) is 5.28. The highest BCUT2D eigenvalue weighted by Gasteiger charge is 2.32. The minimum atomic E-state index is -0.894. The molecule has 1 aromatic rings. The number of aromatic nitrogens is 1. The summed E-state index contributed by atoms with van der Waals surface area (Å²) in [5, 5.41) is 14.3. The first-order chi connectivity index (χ1) is 12.5. The molecule has 144 valence electrons. The molecule has 2 aliphatic rings. The van der Waals surface area contributed by atoms with Crippen molar-refractivity contribution in [1.29, 1.82) is 0 Å². The van der Waals surface area contributed by atoms with Crippen molar-refractivity contribution in [3.63, 3.8) is 0 Å². The van der Waals surface area contributed by atoms with Gasteiger partial charge in [-0.25, -0.2) is 0 Å². The van der Waals surface area contributed by atoms with Gasteiger partial charge >= 0.3 is 0 Å². The fourth-order valence-electron chi connectivity index (χ4n) is 3.99. The van der Waals surface area contributed by atoms with Crippen molar-refractivity contribution in [2.75, 3.05) is 26.2 Å². The summed E-state index contributed by atoms with van der Waals surface area (Å²) in [4.78, 5) is 28.6. The number of hydrogen-bond donors (Lipinski definition) is 1. The van der Waals surface area contributed by atoms with E-state index in [9.17, 15) is 14.7 Å². The summed E-state index contributed by atoms with van der Waals surface area (Å²) in [6, 6.07) is 1.77. The Balaban J connectivity index is 1.52. The topological polar surface area (TPSA) is 86.9 Å². The Kier molecular flexibility index (Phi) is 6.29. The molecule has 1 aliphatic heterocycles. The van der Waals surface area contributed by atoms with Gasteiger partial charge < -0.3 is 19.4 Å². The second-order valence-corrected chi connectivity index (χ2v) is 7.51. The molecule has 0 unspecified atom stereocenters. The molecular formula is C19H29N3O4. The lowest BCUT2D eigenvalue weighted by atomic mass is 9.85. The molecule has 1 N–H and O–H groups in total. The highest BCUT2D eigenvalue weighted by molar-refractivity contribution is 5.81. The van der Waals surface area contributed by atoms with E-state index in [2.05, 4.69) is 5.16 Å². The zero-order valence-electron chi connectivity index (χ0n) is 15.5. The summed E-state index contributed by atoms with van der Waals surface area (Å²) < 4.78 is 5.12. The molecule has 0 spiro atoms. The van der Waals surface area contributed by atoms with E-state index in [1.165, 1.54) is 6.42 Å². The lowest BCUT2D eigenvalue weighted by Crippen LogP contribution is -2.45. The van der Waals surface area contributed by atoms with Gasteiger partial charge in [0.2, 0.25) is 5.91 Å². The molecule has 3 rings (SSSR count). The van der Waals surface area contributed by atoms with Gasteiger partial charge in [-0.05, 0) is 32.1 Å². The molecule has 7 heteroatoms. The molecule has 0 radical (unpaired) electrons. The van der Waals surface area contributed by atoms with Crippen molar-refractivity contribution in [2.45, 2.75) is 58.0 Å². The average Bonchev–Trinajstić information content (AvgIpc) is 2.92. The summed E-state index contributed by atoms with van der Waals surface area (Å²) in [5.74, 6) is 0.477. The summed E-state index contributed by atoms with van der Waals surface area (Å²) in [7, 11) is 0. The maximum Gasteiger partial charge on any atom is 0.251 e. The number of carbonyl (C=O) groups is 2. The van der Waals surface area contributed by atoms with E-state index in [0.29, 0.717) is 31.9 Å². The molecule has 2 amide bonds. The number of hydrogen-bond acceptors (Lipinski definition) is 5. The van der Waals surface area contributed by atoms with Crippen LogP contribution in [-0.4, -0.2) is 64.2 Å². The number of aliphatic hydroxyl groups is 1. The minimum Gasteiger partial charge on any atom is -0.383 e. The van der Waals surface area contributed by atoms with Crippen LogP contribution in [0.2, 0.25) is 0 Å². The Morgan fingerprint density at radius 1 is 1.15 bits per heavy atom. The first-order valence-electron chi connectivity index (χ1n) is 9.71. The monoisotopic (exact) mass is 363 g/mol. The maximum absolute atomic E-state index is 12.7. The van der Waals surface area contributed by atoms with E-state index in [1.54, 1.807) is 15.9 Å². The third-order valence-corrected chi connectivity index (χ3v) is 5.51. The smallest absolute Gasteiger partial charge is 0.251 e. The lowest BCUT2D eigenvalue weighted by Gasteiger charge is -2.30. The van der Waals surface area contributed by atoms with Gasteiger partial charge in [0.25, 0.3) is 5.91 Å². The molecule has 2 heterocycles. The number of amides is 2. The van der Waals surface area contributed by atoms with Gasteiger partial charge in [-0.15, -0.1) is 0 Å². The van der Waals surface area contributed by atoms with Gasteiger partial charge in [-0.2, -0.15) is 0 Å². The van der Waals surface area contributed by atoms with E-state index in [-0.39, 0.29) is 24.2 Å². The molecular weight excluding hydrogens is 334 g/mol. The highest BCUT2D eigenvalue weighted by Crippen LogP contribution is 2.27. The molecule has 1 aliphatic carbocycles. The number of aryl methyl sites for hydroxylation is 1. The predicted octanol–water partition coefficient (Wildman–Crippen LogP) is 1.53. The van der Waals surface area contributed by atoms with E-state index in [0.717, 1.165) is 37.8 Å². The highest BCUT2D eigenvalue weighted by atomic mass is 16.5. The van der Waals surface area contributed by atoms with Gasteiger partial charge in [0.15, 0.2) is 0 Å². The van der Waals surface area contributed by atoms with Crippen molar-refractivity contribution in [3.8, 4) is 0 Å². The van der Waals surface area contributed by atoms with Crippen LogP contribution in [0.1, 0.15) is 50.0 Å². The quantitative estimate of drug-likeness (QED) is 0.877. The van der Waals surface area contributed by atoms with Gasteiger partial charge in [0, 0.05) is 32.2 Å². The second kappa shape index (κ2) is 8.66. The van der Waals surface area contributed by atoms with Crippen LogP contribution in [0.5, 0.6) is 0 Å². The first kappa shape index (κ1) is 18.9. The van der Waals surface area contributed by atoms with Crippen LogP contribution in [0.4, 0.5) is 0 Å². The normalized spacial score (nSPS) is 20.7. The van der Waals surface area contributed by atoms with Crippen LogP contribution in [-0.2, 0) is 16.0 Å². The third kappa shape index (κ3) is 4.63. The molecule has 26 heavy (non-hydrogen) atoms. The van der Waals surface area contributed by atoms with Crippen molar-refractivity contribution < 1.29 is 19.2 Å². The Morgan fingerprint density at radius 3 is 2.54 bits per heavy atom. The average molecular weight is 363 g/mol. The molecule has 0 bridgehead atoms. The van der Waals surface area contributed by atoms with Crippen LogP contribution in [0, 0.1) is 12.8 Å². The van der Waals surface area contributed by atoms with E-state index >= 15 is 0 Å². The lowest BCUT2D eigenvalue weighted by molar-refractivity contribution is -0.144. The van der Waals surface area contributed by atoms with E-state index in [1.807, 2.05) is 6.92 Å². The number of aliphatic hydroxyl groups excluding tert-OH is 1. The molecule has 1 aromatic heterocycles. The largest absolute Gasteiger partial charge is 0.383 e. The predicted molar refractivity (Wildman–Crippen MR) is 95.3 cm³/mol. The van der Waals surface area contributed by atoms with Gasteiger partial charge in [-0.1, -0.05) is 24.4 Å². The SMILES string of the molecule is Cc1cc(CC(=O)N2CCCN(C(=O)[C@H](O)C3CCCCC3)CC2)on1. The molecule has 1 atom stereocenters. The Hall–Kier alpha value is -1.89.